The lowest BCUT2D eigenvalue weighted by atomic mass is 9.86. The molecule has 0 atom stereocenters. The Hall–Kier alpha value is -1.62. The van der Waals surface area contributed by atoms with Gasteiger partial charge in [0, 0.05) is 0 Å². The summed E-state index contributed by atoms with van der Waals surface area (Å²) in [5.41, 5.74) is -0.807. The number of carbonyl (C=O) groups is 1. The van der Waals surface area contributed by atoms with E-state index in [4.69, 9.17) is 0 Å². The highest BCUT2D eigenvalue weighted by molar-refractivity contribution is 7.13. The van der Waals surface area contributed by atoms with Gasteiger partial charge in [0.25, 0.3) is 5.56 Å². The van der Waals surface area contributed by atoms with Gasteiger partial charge in [-0.3, -0.25) is 13.5 Å². The summed E-state index contributed by atoms with van der Waals surface area (Å²) in [6.45, 7) is 0.306. The van der Waals surface area contributed by atoms with E-state index >= 15 is 0 Å². The third-order valence-electron chi connectivity index (χ3n) is 4.01. The molecular weight excluding hydrogens is 262 g/mol. The summed E-state index contributed by atoms with van der Waals surface area (Å²) in [6.07, 6.45) is 3.21. The average Bonchev–Trinajstić information content (AvgIpc) is 2.98. The quantitative estimate of drug-likeness (QED) is 0.938. The van der Waals surface area contributed by atoms with Crippen LogP contribution in [0.2, 0.25) is 0 Å². The maximum Gasteiger partial charge on any atom is 0.311 e. The number of hydrogen-bond acceptors (Lipinski definition) is 3. The highest BCUT2D eigenvalue weighted by Crippen LogP contribution is 2.40. The topological polar surface area (TPSA) is 59.3 Å². The van der Waals surface area contributed by atoms with E-state index in [0.29, 0.717) is 24.8 Å². The monoisotopic (exact) mass is 277 g/mol. The number of aromatic nitrogens is 1. The predicted molar refractivity (Wildman–Crippen MR) is 74.6 cm³/mol. The lowest BCUT2D eigenvalue weighted by Crippen LogP contribution is -2.34. The van der Waals surface area contributed by atoms with Crippen LogP contribution in [0.4, 0.5) is 0 Å². The fourth-order valence-corrected chi connectivity index (χ4v) is 4.01. The van der Waals surface area contributed by atoms with Gasteiger partial charge in [0.2, 0.25) is 0 Å². The first-order valence-electron chi connectivity index (χ1n) is 6.45. The molecule has 1 heterocycles. The Bertz CT molecular complexity index is 679. The normalized spacial score (nSPS) is 17.9. The van der Waals surface area contributed by atoms with Crippen molar-refractivity contribution in [3.05, 3.63) is 34.6 Å². The van der Waals surface area contributed by atoms with E-state index in [1.54, 1.807) is 10.0 Å². The minimum absolute atomic E-state index is 0.0619. The SMILES string of the molecule is O=C(O)C1(Cn2sc3ccccc3c2=O)CCCC1. The second kappa shape index (κ2) is 4.49. The summed E-state index contributed by atoms with van der Waals surface area (Å²) in [6, 6.07) is 7.43. The van der Waals surface area contributed by atoms with Crippen LogP contribution in [0.5, 0.6) is 0 Å². The van der Waals surface area contributed by atoms with Crippen molar-refractivity contribution in [1.82, 2.24) is 3.96 Å². The summed E-state index contributed by atoms with van der Waals surface area (Å²) >= 11 is 1.37. The molecule has 0 amide bonds. The number of hydrogen-bond donors (Lipinski definition) is 1. The Morgan fingerprint density at radius 1 is 1.32 bits per heavy atom. The minimum Gasteiger partial charge on any atom is -0.481 e. The second-order valence-electron chi connectivity index (χ2n) is 5.22. The molecule has 19 heavy (non-hydrogen) atoms. The molecule has 0 radical (unpaired) electrons. The van der Waals surface area contributed by atoms with Crippen molar-refractivity contribution >= 4 is 27.6 Å². The Morgan fingerprint density at radius 3 is 2.63 bits per heavy atom. The number of fused-ring (bicyclic) bond motifs is 1. The van der Waals surface area contributed by atoms with Gasteiger partial charge >= 0.3 is 5.97 Å². The summed E-state index contributed by atoms with van der Waals surface area (Å²) in [5, 5.41) is 10.2. The van der Waals surface area contributed by atoms with E-state index in [0.717, 1.165) is 17.5 Å². The van der Waals surface area contributed by atoms with Crippen molar-refractivity contribution in [1.29, 1.82) is 0 Å². The van der Waals surface area contributed by atoms with Crippen LogP contribution in [0.1, 0.15) is 25.7 Å². The van der Waals surface area contributed by atoms with Gasteiger partial charge in [0.05, 0.1) is 22.0 Å². The molecule has 1 aliphatic rings. The molecule has 0 aliphatic heterocycles. The minimum atomic E-state index is -0.769. The zero-order chi connectivity index (χ0) is 13.5. The second-order valence-corrected chi connectivity index (χ2v) is 6.28. The number of aliphatic carboxylic acids is 1. The van der Waals surface area contributed by atoms with E-state index < -0.39 is 11.4 Å². The number of rotatable bonds is 3. The van der Waals surface area contributed by atoms with E-state index in [1.165, 1.54) is 11.5 Å². The molecule has 0 bridgehead atoms. The van der Waals surface area contributed by atoms with Gasteiger partial charge in [0.15, 0.2) is 0 Å². The van der Waals surface area contributed by atoms with Crippen LogP contribution < -0.4 is 5.56 Å². The molecule has 1 saturated carbocycles. The molecule has 1 N–H and O–H groups in total. The molecule has 1 aromatic carbocycles. The molecule has 0 saturated heterocycles. The molecule has 4 nitrogen and oxygen atoms in total. The fourth-order valence-electron chi connectivity index (χ4n) is 2.89. The molecular formula is C14H15NO3S. The van der Waals surface area contributed by atoms with Crippen LogP contribution in [0.3, 0.4) is 0 Å². The standard InChI is InChI=1S/C14H15NO3S/c16-12-10-5-1-2-6-11(10)19-15(12)9-14(13(17)18)7-3-4-8-14/h1-2,5-6H,3-4,7-9H2,(H,17,18). The number of nitrogens with zero attached hydrogens (tertiary/aromatic N) is 1. The van der Waals surface area contributed by atoms with Gasteiger partial charge in [-0.1, -0.05) is 36.5 Å². The average molecular weight is 277 g/mol. The third kappa shape index (κ3) is 1.98. The number of carboxylic acids is 1. The fraction of sp³-hybridized carbons (Fsp3) is 0.429. The van der Waals surface area contributed by atoms with Crippen LogP contribution in [-0.2, 0) is 11.3 Å². The summed E-state index contributed by atoms with van der Waals surface area (Å²) in [4.78, 5) is 23.8. The molecule has 1 fully saturated rings. The van der Waals surface area contributed by atoms with Gasteiger partial charge in [0.1, 0.15) is 0 Å². The van der Waals surface area contributed by atoms with Crippen molar-refractivity contribution in [3.63, 3.8) is 0 Å². The smallest absolute Gasteiger partial charge is 0.311 e. The molecule has 2 aromatic rings. The molecule has 3 rings (SSSR count). The van der Waals surface area contributed by atoms with Crippen LogP contribution in [-0.4, -0.2) is 15.0 Å². The molecule has 5 heteroatoms. The van der Waals surface area contributed by atoms with Crippen molar-refractivity contribution in [2.45, 2.75) is 32.2 Å². The summed E-state index contributed by atoms with van der Waals surface area (Å²) < 4.78 is 2.54. The predicted octanol–water partition coefficient (Wildman–Crippen LogP) is 2.71. The van der Waals surface area contributed by atoms with Gasteiger partial charge in [-0.25, -0.2) is 0 Å². The van der Waals surface area contributed by atoms with E-state index in [-0.39, 0.29) is 5.56 Å². The summed E-state index contributed by atoms with van der Waals surface area (Å²) in [5.74, 6) is -0.769. The molecule has 0 unspecified atom stereocenters. The highest BCUT2D eigenvalue weighted by atomic mass is 32.1. The largest absolute Gasteiger partial charge is 0.481 e. The highest BCUT2D eigenvalue weighted by Gasteiger charge is 2.42. The zero-order valence-electron chi connectivity index (χ0n) is 10.5. The number of carboxylic acid groups (broad SMARTS) is 1. The van der Waals surface area contributed by atoms with Gasteiger partial charge < -0.3 is 5.11 Å². The van der Waals surface area contributed by atoms with E-state index in [9.17, 15) is 14.7 Å². The van der Waals surface area contributed by atoms with Crippen LogP contribution in [0.25, 0.3) is 10.1 Å². The lowest BCUT2D eigenvalue weighted by Gasteiger charge is -2.23. The molecule has 100 valence electrons. The first-order valence-corrected chi connectivity index (χ1v) is 7.22. The van der Waals surface area contributed by atoms with Crippen LogP contribution >= 0.6 is 11.5 Å². The van der Waals surface area contributed by atoms with Crippen molar-refractivity contribution in [2.75, 3.05) is 0 Å². The Balaban J connectivity index is 2.03. The Kier molecular flexibility index (Phi) is 2.93. The molecule has 1 aromatic heterocycles. The third-order valence-corrected chi connectivity index (χ3v) is 5.08. The zero-order valence-corrected chi connectivity index (χ0v) is 11.3. The molecule has 0 spiro atoms. The van der Waals surface area contributed by atoms with E-state index in [1.807, 2.05) is 18.2 Å². The maximum atomic E-state index is 12.3. The first-order chi connectivity index (χ1) is 9.12. The van der Waals surface area contributed by atoms with Crippen molar-refractivity contribution < 1.29 is 9.90 Å². The molecule has 1 aliphatic carbocycles. The van der Waals surface area contributed by atoms with Crippen molar-refractivity contribution in [2.24, 2.45) is 5.41 Å². The summed E-state index contributed by atoms with van der Waals surface area (Å²) in [7, 11) is 0. The maximum absolute atomic E-state index is 12.3. The van der Waals surface area contributed by atoms with Crippen LogP contribution in [0, 0.1) is 5.41 Å². The lowest BCUT2D eigenvalue weighted by molar-refractivity contribution is -0.149. The number of benzene rings is 1. The van der Waals surface area contributed by atoms with Gasteiger partial charge in [-0.05, 0) is 25.0 Å². The van der Waals surface area contributed by atoms with Gasteiger partial charge in [-0.15, -0.1) is 0 Å². The van der Waals surface area contributed by atoms with Crippen LogP contribution in [0.15, 0.2) is 29.1 Å². The Morgan fingerprint density at radius 2 is 2.00 bits per heavy atom. The first kappa shape index (κ1) is 12.4. The van der Waals surface area contributed by atoms with E-state index in [2.05, 4.69) is 0 Å². The Labute approximate surface area is 114 Å². The van der Waals surface area contributed by atoms with Crippen molar-refractivity contribution in [3.8, 4) is 0 Å². The van der Waals surface area contributed by atoms with Gasteiger partial charge in [-0.2, -0.15) is 0 Å².